The van der Waals surface area contributed by atoms with Gasteiger partial charge in [0.15, 0.2) is 11.6 Å². The summed E-state index contributed by atoms with van der Waals surface area (Å²) in [5, 5.41) is 0. The van der Waals surface area contributed by atoms with E-state index in [-0.39, 0.29) is 29.7 Å². The van der Waals surface area contributed by atoms with Crippen LogP contribution < -0.4 is 4.74 Å². The van der Waals surface area contributed by atoms with Crippen molar-refractivity contribution < 1.29 is 23.0 Å². The first-order valence-electron chi connectivity index (χ1n) is 11.8. The molecule has 0 amide bonds. The van der Waals surface area contributed by atoms with E-state index in [1.54, 1.807) is 6.07 Å². The Balaban J connectivity index is 1.41. The molecule has 2 aliphatic rings. The normalized spacial score (nSPS) is 27.0. The zero-order chi connectivity index (χ0) is 21.5. The summed E-state index contributed by atoms with van der Waals surface area (Å²) in [6.45, 7) is 2.18. The van der Waals surface area contributed by atoms with E-state index >= 15 is 0 Å². The average Bonchev–Trinajstić information content (AvgIpc) is 2.76. The molecule has 1 aliphatic heterocycles. The molecule has 0 N–H and O–H groups in total. The quantitative estimate of drug-likeness (QED) is 0.320. The minimum atomic E-state index is -0.885. The van der Waals surface area contributed by atoms with Gasteiger partial charge in [-0.2, -0.15) is 4.39 Å². The summed E-state index contributed by atoms with van der Waals surface area (Å²) >= 11 is 0. The SMILES string of the molecule is CCCCCC1CCC(CCC2CCC(c3ccc(OC)c(F)c3F)CC2)OC1=O. The molecule has 0 aromatic heterocycles. The Kier molecular flexibility index (Phi) is 8.52. The average molecular weight is 423 g/mol. The highest BCUT2D eigenvalue weighted by atomic mass is 19.2. The molecular weight excluding hydrogens is 386 g/mol. The molecule has 3 rings (SSSR count). The largest absolute Gasteiger partial charge is 0.494 e. The number of cyclic esters (lactones) is 1. The van der Waals surface area contributed by atoms with Crippen molar-refractivity contribution in [2.24, 2.45) is 11.8 Å². The van der Waals surface area contributed by atoms with Crippen LogP contribution in [0.15, 0.2) is 12.1 Å². The number of hydrogen-bond acceptors (Lipinski definition) is 3. The van der Waals surface area contributed by atoms with Crippen LogP contribution >= 0.6 is 0 Å². The molecule has 0 bridgehead atoms. The lowest BCUT2D eigenvalue weighted by atomic mass is 9.76. The third-order valence-electron chi connectivity index (χ3n) is 7.09. The molecule has 168 valence electrons. The monoisotopic (exact) mass is 422 g/mol. The molecule has 1 heterocycles. The maximum atomic E-state index is 14.4. The molecule has 3 nitrogen and oxygen atoms in total. The number of ether oxygens (including phenoxy) is 2. The summed E-state index contributed by atoms with van der Waals surface area (Å²) in [5.41, 5.74) is 0.474. The van der Waals surface area contributed by atoms with Gasteiger partial charge in [0, 0.05) is 0 Å². The predicted octanol–water partition coefficient (Wildman–Crippen LogP) is 6.93. The van der Waals surface area contributed by atoms with Crippen LogP contribution in [-0.2, 0) is 9.53 Å². The molecule has 30 heavy (non-hydrogen) atoms. The van der Waals surface area contributed by atoms with Gasteiger partial charge in [0.25, 0.3) is 0 Å². The highest BCUT2D eigenvalue weighted by molar-refractivity contribution is 5.73. The van der Waals surface area contributed by atoms with E-state index in [9.17, 15) is 13.6 Å². The summed E-state index contributed by atoms with van der Waals surface area (Å²) in [7, 11) is 1.35. The van der Waals surface area contributed by atoms with Gasteiger partial charge in [-0.3, -0.25) is 4.79 Å². The second-order valence-electron chi connectivity index (χ2n) is 9.11. The smallest absolute Gasteiger partial charge is 0.309 e. The topological polar surface area (TPSA) is 35.5 Å². The summed E-state index contributed by atoms with van der Waals surface area (Å²) in [5.74, 6) is -0.943. The number of benzene rings is 1. The molecule has 5 heteroatoms. The summed E-state index contributed by atoms with van der Waals surface area (Å²) < 4.78 is 39.0. The lowest BCUT2D eigenvalue weighted by molar-refractivity contribution is -0.161. The molecule has 2 unspecified atom stereocenters. The van der Waals surface area contributed by atoms with Crippen LogP contribution in [0.1, 0.15) is 95.5 Å². The molecular formula is C25H36F2O3. The van der Waals surface area contributed by atoms with Gasteiger partial charge in [-0.25, -0.2) is 4.39 Å². The van der Waals surface area contributed by atoms with E-state index in [4.69, 9.17) is 9.47 Å². The molecule has 1 saturated carbocycles. The summed E-state index contributed by atoms with van der Waals surface area (Å²) in [6, 6.07) is 3.19. The highest BCUT2D eigenvalue weighted by Crippen LogP contribution is 2.40. The van der Waals surface area contributed by atoms with Crippen LogP contribution in [0.25, 0.3) is 0 Å². The van der Waals surface area contributed by atoms with Gasteiger partial charge in [0.05, 0.1) is 13.0 Å². The lowest BCUT2D eigenvalue weighted by Gasteiger charge is -2.32. The molecule has 1 saturated heterocycles. The van der Waals surface area contributed by atoms with E-state index in [0.29, 0.717) is 11.5 Å². The predicted molar refractivity (Wildman–Crippen MR) is 114 cm³/mol. The van der Waals surface area contributed by atoms with E-state index in [0.717, 1.165) is 64.2 Å². The molecule has 2 fully saturated rings. The first-order chi connectivity index (χ1) is 14.5. The maximum absolute atomic E-state index is 14.4. The molecule has 0 radical (unpaired) electrons. The van der Waals surface area contributed by atoms with Crippen molar-refractivity contribution in [3.63, 3.8) is 0 Å². The number of methoxy groups -OCH3 is 1. The fourth-order valence-electron chi connectivity index (χ4n) is 5.13. The van der Waals surface area contributed by atoms with Crippen LogP contribution in [0.3, 0.4) is 0 Å². The Morgan fingerprint density at radius 3 is 2.40 bits per heavy atom. The second kappa shape index (κ2) is 11.1. The third-order valence-corrected chi connectivity index (χ3v) is 7.09. The Morgan fingerprint density at radius 2 is 1.73 bits per heavy atom. The standard InChI is InChI=1S/C25H36F2O3/c1-3-4-5-6-19-12-14-20(30-25(19)28)13-9-17-7-10-18(11-8-17)21-15-16-22(29-2)24(27)23(21)26/h15-20H,3-14H2,1-2H3. The van der Waals surface area contributed by atoms with Crippen molar-refractivity contribution in [3.8, 4) is 5.75 Å². The number of carbonyl (C=O) groups excluding carboxylic acids is 1. The van der Waals surface area contributed by atoms with Gasteiger partial charge in [-0.15, -0.1) is 0 Å². The molecule has 0 spiro atoms. The van der Waals surface area contributed by atoms with Crippen molar-refractivity contribution in [3.05, 3.63) is 29.3 Å². The Bertz CT molecular complexity index is 698. The van der Waals surface area contributed by atoms with Crippen molar-refractivity contribution in [1.29, 1.82) is 0 Å². The zero-order valence-corrected chi connectivity index (χ0v) is 18.4. The van der Waals surface area contributed by atoms with Crippen molar-refractivity contribution >= 4 is 5.97 Å². The van der Waals surface area contributed by atoms with Gasteiger partial charge in [0.2, 0.25) is 5.82 Å². The number of unbranched alkanes of at least 4 members (excludes halogenated alkanes) is 2. The number of hydrogen-bond donors (Lipinski definition) is 0. The lowest BCUT2D eigenvalue weighted by Crippen LogP contribution is -2.31. The van der Waals surface area contributed by atoms with Crippen molar-refractivity contribution in [2.45, 2.75) is 96.0 Å². The maximum Gasteiger partial charge on any atom is 0.309 e. The summed E-state index contributed by atoms with van der Waals surface area (Å²) in [4.78, 5) is 12.3. The Morgan fingerprint density at radius 1 is 0.967 bits per heavy atom. The third kappa shape index (κ3) is 5.73. The van der Waals surface area contributed by atoms with E-state index < -0.39 is 11.6 Å². The summed E-state index contributed by atoms with van der Waals surface area (Å²) in [6.07, 6.45) is 12.2. The zero-order valence-electron chi connectivity index (χ0n) is 18.4. The van der Waals surface area contributed by atoms with Gasteiger partial charge in [0.1, 0.15) is 6.10 Å². The fourth-order valence-corrected chi connectivity index (χ4v) is 5.13. The van der Waals surface area contributed by atoms with Crippen LogP contribution in [0.4, 0.5) is 8.78 Å². The van der Waals surface area contributed by atoms with Crippen LogP contribution in [0.5, 0.6) is 5.75 Å². The minimum absolute atomic E-state index is 0.00284. The Hall–Kier alpha value is -1.65. The minimum Gasteiger partial charge on any atom is -0.494 e. The van der Waals surface area contributed by atoms with Crippen molar-refractivity contribution in [1.82, 2.24) is 0 Å². The molecule has 1 aromatic carbocycles. The number of carbonyl (C=O) groups is 1. The number of rotatable bonds is 9. The van der Waals surface area contributed by atoms with E-state index in [1.807, 2.05) is 0 Å². The second-order valence-corrected chi connectivity index (χ2v) is 9.11. The van der Waals surface area contributed by atoms with E-state index in [2.05, 4.69) is 6.92 Å². The number of esters is 1. The molecule has 1 aromatic rings. The van der Waals surface area contributed by atoms with Gasteiger partial charge in [-0.05, 0) is 81.3 Å². The first kappa shape index (κ1) is 23.0. The Labute approximate surface area is 179 Å². The van der Waals surface area contributed by atoms with Gasteiger partial charge < -0.3 is 9.47 Å². The van der Waals surface area contributed by atoms with Gasteiger partial charge >= 0.3 is 5.97 Å². The molecule has 2 atom stereocenters. The van der Waals surface area contributed by atoms with Crippen LogP contribution in [-0.4, -0.2) is 19.2 Å². The first-order valence-corrected chi connectivity index (χ1v) is 11.8. The van der Waals surface area contributed by atoms with E-state index in [1.165, 1.54) is 26.0 Å². The van der Waals surface area contributed by atoms with Crippen LogP contribution in [0.2, 0.25) is 0 Å². The molecule has 1 aliphatic carbocycles. The fraction of sp³-hybridized carbons (Fsp3) is 0.720. The van der Waals surface area contributed by atoms with Crippen LogP contribution in [0, 0.1) is 23.5 Å². The number of halogens is 2. The highest BCUT2D eigenvalue weighted by Gasteiger charge is 2.31. The van der Waals surface area contributed by atoms with Gasteiger partial charge in [-0.1, -0.05) is 32.3 Å². The van der Waals surface area contributed by atoms with Crippen molar-refractivity contribution in [2.75, 3.05) is 7.11 Å².